The quantitative estimate of drug-likeness (QED) is 0.513. The molecule has 0 aliphatic heterocycles. The molecule has 0 aromatic heterocycles. The summed E-state index contributed by atoms with van der Waals surface area (Å²) in [4.78, 5) is 22.2. The van der Waals surface area contributed by atoms with E-state index in [0.29, 0.717) is 12.1 Å². The van der Waals surface area contributed by atoms with Crippen LogP contribution in [0.4, 0.5) is 5.69 Å². The number of nitro benzene ring substituents is 1. The van der Waals surface area contributed by atoms with Gasteiger partial charge in [-0.3, -0.25) is 14.9 Å². The molecule has 6 heteroatoms. The number of alkyl halides is 1. The fraction of sp³-hybridized carbons (Fsp3) is 0.462. The van der Waals surface area contributed by atoms with Gasteiger partial charge < -0.3 is 5.32 Å². The first-order valence-corrected chi connectivity index (χ1v) is 6.44. The molecule has 0 saturated heterocycles. The average molecular weight is 285 g/mol. The summed E-state index contributed by atoms with van der Waals surface area (Å²) in [5.41, 5.74) is 0.739. The number of amides is 1. The van der Waals surface area contributed by atoms with Crippen LogP contribution < -0.4 is 5.32 Å². The SMILES string of the molecule is Cc1ccc(C(=O)NCC(Cl)C(C)C)cc1[N+](=O)[O-]. The summed E-state index contributed by atoms with van der Waals surface area (Å²) in [6, 6.07) is 4.41. The van der Waals surface area contributed by atoms with Gasteiger partial charge >= 0.3 is 0 Å². The van der Waals surface area contributed by atoms with Crippen molar-refractivity contribution in [1.29, 1.82) is 0 Å². The average Bonchev–Trinajstić information content (AvgIpc) is 2.35. The first-order chi connectivity index (χ1) is 8.82. The summed E-state index contributed by atoms with van der Waals surface area (Å²) in [6.45, 7) is 5.88. The van der Waals surface area contributed by atoms with Gasteiger partial charge in [0.15, 0.2) is 0 Å². The molecule has 0 aliphatic carbocycles. The van der Waals surface area contributed by atoms with Gasteiger partial charge in [0.25, 0.3) is 11.6 Å². The van der Waals surface area contributed by atoms with Crippen molar-refractivity contribution >= 4 is 23.2 Å². The van der Waals surface area contributed by atoms with E-state index in [0.717, 1.165) is 0 Å². The largest absolute Gasteiger partial charge is 0.351 e. The lowest BCUT2D eigenvalue weighted by Crippen LogP contribution is -2.32. The van der Waals surface area contributed by atoms with Crippen molar-refractivity contribution in [3.05, 3.63) is 39.4 Å². The first kappa shape index (κ1) is 15.4. The number of aryl methyl sites for hydroxylation is 1. The van der Waals surface area contributed by atoms with E-state index < -0.39 is 4.92 Å². The van der Waals surface area contributed by atoms with E-state index in [1.54, 1.807) is 19.1 Å². The zero-order valence-electron chi connectivity index (χ0n) is 11.1. The second kappa shape index (κ2) is 6.52. The van der Waals surface area contributed by atoms with Gasteiger partial charge in [-0.2, -0.15) is 0 Å². The van der Waals surface area contributed by atoms with Crippen LogP contribution in [0.15, 0.2) is 18.2 Å². The van der Waals surface area contributed by atoms with Crippen molar-refractivity contribution in [1.82, 2.24) is 5.32 Å². The predicted octanol–water partition coefficient (Wildman–Crippen LogP) is 2.90. The molecule has 1 atom stereocenters. The van der Waals surface area contributed by atoms with E-state index in [1.165, 1.54) is 6.07 Å². The summed E-state index contributed by atoms with van der Waals surface area (Å²) in [5.74, 6) is -0.108. The Hall–Kier alpha value is -1.62. The van der Waals surface area contributed by atoms with Gasteiger partial charge in [0.05, 0.1) is 10.3 Å². The van der Waals surface area contributed by atoms with Crippen LogP contribution in [0.25, 0.3) is 0 Å². The van der Waals surface area contributed by atoms with Crippen LogP contribution in [-0.2, 0) is 0 Å². The number of hydrogen-bond acceptors (Lipinski definition) is 3. The van der Waals surface area contributed by atoms with Gasteiger partial charge in [-0.1, -0.05) is 19.9 Å². The lowest BCUT2D eigenvalue weighted by molar-refractivity contribution is -0.385. The highest BCUT2D eigenvalue weighted by Crippen LogP contribution is 2.19. The fourth-order valence-electron chi connectivity index (χ4n) is 1.48. The molecular weight excluding hydrogens is 268 g/mol. The number of nitro groups is 1. The monoisotopic (exact) mass is 284 g/mol. The van der Waals surface area contributed by atoms with Gasteiger partial charge in [-0.05, 0) is 18.9 Å². The van der Waals surface area contributed by atoms with Gasteiger partial charge in [-0.25, -0.2) is 0 Å². The van der Waals surface area contributed by atoms with Crippen LogP contribution in [0, 0.1) is 23.0 Å². The number of nitrogens with one attached hydrogen (secondary N) is 1. The van der Waals surface area contributed by atoms with Gasteiger partial charge in [-0.15, -0.1) is 11.6 Å². The van der Waals surface area contributed by atoms with Crippen molar-refractivity contribution in [2.24, 2.45) is 5.92 Å². The van der Waals surface area contributed by atoms with Crippen molar-refractivity contribution in [3.8, 4) is 0 Å². The summed E-state index contributed by atoms with van der Waals surface area (Å²) in [6.07, 6.45) is 0. The lowest BCUT2D eigenvalue weighted by Gasteiger charge is -2.14. The van der Waals surface area contributed by atoms with Crippen molar-refractivity contribution in [2.75, 3.05) is 6.54 Å². The number of rotatable bonds is 5. The fourth-order valence-corrected chi connectivity index (χ4v) is 1.55. The zero-order chi connectivity index (χ0) is 14.6. The molecule has 1 rings (SSSR count). The van der Waals surface area contributed by atoms with Crippen LogP contribution in [-0.4, -0.2) is 22.8 Å². The van der Waals surface area contributed by atoms with E-state index in [1.807, 2.05) is 13.8 Å². The summed E-state index contributed by atoms with van der Waals surface area (Å²) >= 11 is 6.03. The molecule has 19 heavy (non-hydrogen) atoms. The second-order valence-corrected chi connectivity index (χ2v) is 5.29. The molecule has 0 spiro atoms. The van der Waals surface area contributed by atoms with E-state index >= 15 is 0 Å². The molecule has 0 bridgehead atoms. The Balaban J connectivity index is 2.78. The minimum absolute atomic E-state index is 0.0565. The molecule has 1 aromatic carbocycles. The molecule has 1 amide bonds. The molecular formula is C13H17ClN2O3. The molecule has 104 valence electrons. The minimum atomic E-state index is -0.495. The number of halogens is 1. The third-order valence-corrected chi connectivity index (χ3v) is 3.51. The molecule has 0 heterocycles. The topological polar surface area (TPSA) is 72.2 Å². The molecule has 0 saturated carbocycles. The van der Waals surface area contributed by atoms with E-state index in [2.05, 4.69) is 5.32 Å². The maximum atomic E-state index is 11.9. The lowest BCUT2D eigenvalue weighted by atomic mass is 10.1. The molecule has 0 radical (unpaired) electrons. The third kappa shape index (κ3) is 4.21. The first-order valence-electron chi connectivity index (χ1n) is 6.00. The Morgan fingerprint density at radius 3 is 2.63 bits per heavy atom. The maximum absolute atomic E-state index is 11.9. The van der Waals surface area contributed by atoms with Gasteiger partial charge in [0, 0.05) is 23.7 Å². The Bertz CT molecular complexity index is 489. The van der Waals surface area contributed by atoms with Crippen LogP contribution in [0.5, 0.6) is 0 Å². The molecule has 5 nitrogen and oxygen atoms in total. The number of carbonyl (C=O) groups is 1. The van der Waals surface area contributed by atoms with Crippen molar-refractivity contribution in [2.45, 2.75) is 26.1 Å². The van der Waals surface area contributed by atoms with Gasteiger partial charge in [0.2, 0.25) is 0 Å². The zero-order valence-corrected chi connectivity index (χ0v) is 11.9. The van der Waals surface area contributed by atoms with E-state index in [9.17, 15) is 14.9 Å². The van der Waals surface area contributed by atoms with Crippen LogP contribution in [0.2, 0.25) is 0 Å². The summed E-state index contributed by atoms with van der Waals surface area (Å²) < 4.78 is 0. The highest BCUT2D eigenvalue weighted by molar-refractivity contribution is 6.21. The molecule has 1 N–H and O–H groups in total. The Morgan fingerprint density at radius 2 is 2.11 bits per heavy atom. The standard InChI is InChI=1S/C13H17ClN2O3/c1-8(2)11(14)7-15-13(17)10-5-4-9(3)12(6-10)16(18)19/h4-6,8,11H,7H2,1-3H3,(H,15,17). The maximum Gasteiger partial charge on any atom is 0.273 e. The Kier molecular flexibility index (Phi) is 5.30. The van der Waals surface area contributed by atoms with Crippen molar-refractivity contribution in [3.63, 3.8) is 0 Å². The molecule has 0 aliphatic rings. The minimum Gasteiger partial charge on any atom is -0.351 e. The summed E-state index contributed by atoms with van der Waals surface area (Å²) in [7, 11) is 0. The Morgan fingerprint density at radius 1 is 1.47 bits per heavy atom. The highest BCUT2D eigenvalue weighted by Gasteiger charge is 2.16. The van der Waals surface area contributed by atoms with Crippen LogP contribution >= 0.6 is 11.6 Å². The Labute approximate surface area is 117 Å². The summed E-state index contributed by atoms with van der Waals surface area (Å²) in [5, 5.41) is 13.3. The van der Waals surface area contributed by atoms with E-state index in [4.69, 9.17) is 11.6 Å². The third-order valence-electron chi connectivity index (χ3n) is 2.85. The molecule has 1 unspecified atom stereocenters. The number of nitrogens with zero attached hydrogens (tertiary/aromatic N) is 1. The highest BCUT2D eigenvalue weighted by atomic mass is 35.5. The van der Waals surface area contributed by atoms with Crippen LogP contribution in [0.3, 0.4) is 0 Å². The number of carbonyl (C=O) groups excluding carboxylic acids is 1. The molecule has 0 fully saturated rings. The predicted molar refractivity (Wildman–Crippen MR) is 74.6 cm³/mol. The second-order valence-electron chi connectivity index (χ2n) is 4.73. The van der Waals surface area contributed by atoms with Gasteiger partial charge in [0.1, 0.15) is 0 Å². The number of hydrogen-bond donors (Lipinski definition) is 1. The molecule has 1 aromatic rings. The van der Waals surface area contributed by atoms with E-state index in [-0.39, 0.29) is 28.5 Å². The van der Waals surface area contributed by atoms with Crippen LogP contribution in [0.1, 0.15) is 29.8 Å². The number of benzene rings is 1. The normalized spacial score (nSPS) is 12.3. The smallest absolute Gasteiger partial charge is 0.273 e. The van der Waals surface area contributed by atoms with Crippen molar-refractivity contribution < 1.29 is 9.72 Å².